The number of ketones is 1. The fourth-order valence-electron chi connectivity index (χ4n) is 3.36. The van der Waals surface area contributed by atoms with Gasteiger partial charge in [0.05, 0.1) is 16.0 Å². The SMILES string of the molecule is Cc1cc2c(s1)C(=O)[C@]1(C)CCN(c3ccc(C)c(Cl)c3)C1=N2. The van der Waals surface area contributed by atoms with Crippen molar-refractivity contribution in [2.75, 3.05) is 11.4 Å². The van der Waals surface area contributed by atoms with Crippen molar-refractivity contribution in [3.8, 4) is 0 Å². The molecule has 0 unspecified atom stereocenters. The molecule has 2 aliphatic heterocycles. The number of fused-ring (bicyclic) bond motifs is 2. The maximum Gasteiger partial charge on any atom is 0.188 e. The number of anilines is 1. The second-order valence-electron chi connectivity index (χ2n) is 6.50. The van der Waals surface area contributed by atoms with Crippen LogP contribution >= 0.6 is 22.9 Å². The van der Waals surface area contributed by atoms with Crippen LogP contribution < -0.4 is 4.90 Å². The third kappa shape index (κ3) is 2.08. The summed E-state index contributed by atoms with van der Waals surface area (Å²) < 4.78 is 0. The fraction of sp³-hybridized carbons (Fsp3) is 0.333. The van der Waals surface area contributed by atoms with Gasteiger partial charge in [0.1, 0.15) is 5.84 Å². The van der Waals surface area contributed by atoms with E-state index in [9.17, 15) is 4.79 Å². The first-order chi connectivity index (χ1) is 10.9. The van der Waals surface area contributed by atoms with Gasteiger partial charge in [0.15, 0.2) is 5.78 Å². The molecule has 1 aromatic carbocycles. The summed E-state index contributed by atoms with van der Waals surface area (Å²) >= 11 is 7.83. The number of thiophene rings is 1. The summed E-state index contributed by atoms with van der Waals surface area (Å²) in [5.41, 5.74) is 2.35. The molecule has 0 saturated carbocycles. The van der Waals surface area contributed by atoms with Crippen LogP contribution in [0.4, 0.5) is 11.4 Å². The highest BCUT2D eigenvalue weighted by atomic mass is 35.5. The van der Waals surface area contributed by atoms with Gasteiger partial charge < -0.3 is 4.90 Å². The van der Waals surface area contributed by atoms with E-state index < -0.39 is 5.41 Å². The predicted molar refractivity (Wildman–Crippen MR) is 96.7 cm³/mol. The van der Waals surface area contributed by atoms with Crippen molar-refractivity contribution >= 4 is 45.9 Å². The molecule has 1 saturated heterocycles. The number of Topliss-reactive ketones (excluding diaryl/α,β-unsaturated/α-hetero) is 1. The zero-order valence-electron chi connectivity index (χ0n) is 13.3. The number of rotatable bonds is 1. The number of halogens is 1. The maximum atomic E-state index is 13.0. The summed E-state index contributed by atoms with van der Waals surface area (Å²) in [6.45, 7) is 6.81. The van der Waals surface area contributed by atoms with Crippen LogP contribution in [0.5, 0.6) is 0 Å². The summed E-state index contributed by atoms with van der Waals surface area (Å²) in [6, 6.07) is 8.03. The van der Waals surface area contributed by atoms with E-state index >= 15 is 0 Å². The molecule has 0 aliphatic carbocycles. The summed E-state index contributed by atoms with van der Waals surface area (Å²) in [4.78, 5) is 21.9. The van der Waals surface area contributed by atoms with Crippen molar-refractivity contribution < 1.29 is 4.79 Å². The molecule has 0 radical (unpaired) electrons. The lowest BCUT2D eigenvalue weighted by atomic mass is 9.81. The Morgan fingerprint density at radius 2 is 2.09 bits per heavy atom. The highest BCUT2D eigenvalue weighted by Gasteiger charge is 2.50. The molecule has 0 amide bonds. The second-order valence-corrected chi connectivity index (χ2v) is 8.17. The zero-order chi connectivity index (χ0) is 16.4. The molecule has 3 heterocycles. The molecule has 4 rings (SSSR count). The Morgan fingerprint density at radius 3 is 2.83 bits per heavy atom. The lowest BCUT2D eigenvalue weighted by Crippen LogP contribution is -2.40. The molecule has 0 spiro atoms. The lowest BCUT2D eigenvalue weighted by molar-refractivity contribution is 0.0892. The van der Waals surface area contributed by atoms with Crippen LogP contribution in [0.3, 0.4) is 0 Å². The highest BCUT2D eigenvalue weighted by Crippen LogP contribution is 2.47. The van der Waals surface area contributed by atoms with Gasteiger partial charge in [-0.25, -0.2) is 4.99 Å². The Balaban J connectivity index is 1.85. The van der Waals surface area contributed by atoms with Gasteiger partial charge in [-0.1, -0.05) is 17.7 Å². The molecule has 0 bridgehead atoms. The first kappa shape index (κ1) is 14.9. The summed E-state index contributed by atoms with van der Waals surface area (Å²) in [5, 5.41) is 0.742. The van der Waals surface area contributed by atoms with Gasteiger partial charge in [-0.3, -0.25) is 4.79 Å². The Hall–Kier alpha value is -1.65. The predicted octanol–water partition coefficient (Wildman–Crippen LogP) is 5.16. The van der Waals surface area contributed by atoms with E-state index in [1.54, 1.807) is 11.3 Å². The van der Waals surface area contributed by atoms with Crippen molar-refractivity contribution in [3.05, 3.63) is 44.6 Å². The van der Waals surface area contributed by atoms with Crippen molar-refractivity contribution in [3.63, 3.8) is 0 Å². The number of carbonyl (C=O) groups excluding carboxylic acids is 1. The number of amidine groups is 1. The molecule has 118 valence electrons. The summed E-state index contributed by atoms with van der Waals surface area (Å²) in [6.07, 6.45) is 0.784. The van der Waals surface area contributed by atoms with E-state index in [1.165, 1.54) is 0 Å². The minimum atomic E-state index is -0.526. The fourth-order valence-corrected chi connectivity index (χ4v) is 4.56. The molecule has 23 heavy (non-hydrogen) atoms. The number of aliphatic imine (C=N–C) groups is 1. The second kappa shape index (κ2) is 4.92. The molecule has 0 N–H and O–H groups in total. The van der Waals surface area contributed by atoms with Crippen LogP contribution in [0.1, 0.15) is 33.5 Å². The van der Waals surface area contributed by atoms with Gasteiger partial charge in [-0.15, -0.1) is 11.3 Å². The minimum absolute atomic E-state index is 0.205. The molecule has 1 atom stereocenters. The molecule has 1 fully saturated rings. The van der Waals surface area contributed by atoms with E-state index in [4.69, 9.17) is 16.6 Å². The molecule has 5 heteroatoms. The van der Waals surface area contributed by atoms with Crippen LogP contribution in [-0.4, -0.2) is 18.2 Å². The molecule has 2 aromatic rings. The van der Waals surface area contributed by atoms with Crippen molar-refractivity contribution in [1.82, 2.24) is 0 Å². The van der Waals surface area contributed by atoms with E-state index in [0.717, 1.165) is 50.5 Å². The lowest BCUT2D eigenvalue weighted by Gasteiger charge is -2.29. The molecule has 3 nitrogen and oxygen atoms in total. The van der Waals surface area contributed by atoms with Gasteiger partial charge >= 0.3 is 0 Å². The van der Waals surface area contributed by atoms with Crippen LogP contribution in [0.25, 0.3) is 0 Å². The summed E-state index contributed by atoms with van der Waals surface area (Å²) in [5.74, 6) is 1.06. The number of nitrogens with zero attached hydrogens (tertiary/aromatic N) is 2. The van der Waals surface area contributed by atoms with Gasteiger partial charge in [0, 0.05) is 22.1 Å². The summed E-state index contributed by atoms with van der Waals surface area (Å²) in [7, 11) is 0. The average molecular weight is 345 g/mol. The van der Waals surface area contributed by atoms with Crippen LogP contribution in [0, 0.1) is 19.3 Å². The normalized spacial score (nSPS) is 22.9. The maximum absolute atomic E-state index is 13.0. The van der Waals surface area contributed by atoms with Crippen LogP contribution in [0.15, 0.2) is 29.3 Å². The van der Waals surface area contributed by atoms with Crippen molar-refractivity contribution in [1.29, 1.82) is 0 Å². The highest BCUT2D eigenvalue weighted by molar-refractivity contribution is 7.14. The zero-order valence-corrected chi connectivity index (χ0v) is 14.9. The number of hydrogen-bond donors (Lipinski definition) is 0. The number of benzene rings is 1. The number of hydrogen-bond acceptors (Lipinski definition) is 4. The van der Waals surface area contributed by atoms with Gasteiger partial charge in [-0.2, -0.15) is 0 Å². The van der Waals surface area contributed by atoms with Crippen LogP contribution in [-0.2, 0) is 0 Å². The third-order valence-corrected chi connectivity index (χ3v) is 6.27. The Kier molecular flexibility index (Phi) is 3.19. The van der Waals surface area contributed by atoms with Gasteiger partial charge in [0.2, 0.25) is 0 Å². The van der Waals surface area contributed by atoms with E-state index in [2.05, 4.69) is 4.90 Å². The topological polar surface area (TPSA) is 32.7 Å². The monoisotopic (exact) mass is 344 g/mol. The van der Waals surface area contributed by atoms with Crippen molar-refractivity contribution in [2.45, 2.75) is 27.2 Å². The Labute approximate surface area is 144 Å². The van der Waals surface area contributed by atoms with E-state index in [1.807, 2.05) is 45.0 Å². The molecule has 1 aromatic heterocycles. The van der Waals surface area contributed by atoms with Crippen LogP contribution in [0.2, 0.25) is 5.02 Å². The minimum Gasteiger partial charge on any atom is -0.329 e. The number of carbonyl (C=O) groups is 1. The Morgan fingerprint density at radius 1 is 1.30 bits per heavy atom. The largest absolute Gasteiger partial charge is 0.329 e. The van der Waals surface area contributed by atoms with E-state index in [0.29, 0.717) is 0 Å². The standard InChI is InChI=1S/C18H17ClN2OS/c1-10-4-5-12(9-13(10)19)21-7-6-18(3)16(22)15-14(20-17(18)21)8-11(2)23-15/h4-5,8-9H,6-7H2,1-3H3/t18-/m0/s1. The van der Waals surface area contributed by atoms with Crippen molar-refractivity contribution in [2.24, 2.45) is 10.4 Å². The number of aryl methyl sites for hydroxylation is 2. The molecular formula is C18H17ClN2OS. The molecule has 2 aliphatic rings. The van der Waals surface area contributed by atoms with Gasteiger partial charge in [-0.05, 0) is 51.0 Å². The molecular weight excluding hydrogens is 328 g/mol. The smallest absolute Gasteiger partial charge is 0.188 e. The first-order valence-corrected chi connectivity index (χ1v) is 8.88. The first-order valence-electron chi connectivity index (χ1n) is 7.68. The average Bonchev–Trinajstić information content (AvgIpc) is 3.04. The Bertz CT molecular complexity index is 870. The van der Waals surface area contributed by atoms with Gasteiger partial charge in [0.25, 0.3) is 0 Å². The quantitative estimate of drug-likeness (QED) is 0.715. The third-order valence-electron chi connectivity index (χ3n) is 4.82. The van der Waals surface area contributed by atoms with E-state index in [-0.39, 0.29) is 5.78 Å².